The molecule has 0 aliphatic rings. The molecule has 1 unspecified atom stereocenters. The number of nitrogens with two attached hydrogens (primary N) is 1. The standard InChI is InChI=1S/C12H16Cl2N2O/c1-7(2)11(12(15)17)16-6-8-3-4-9(13)5-10(8)14/h3-5,7,11,16H,6H2,1-2H3,(H2,15,17). The maximum absolute atomic E-state index is 11.2. The van der Waals surface area contributed by atoms with Gasteiger partial charge in [0.05, 0.1) is 6.04 Å². The summed E-state index contributed by atoms with van der Waals surface area (Å²) < 4.78 is 0. The first kappa shape index (κ1) is 14.3. The monoisotopic (exact) mass is 274 g/mol. The molecule has 17 heavy (non-hydrogen) atoms. The summed E-state index contributed by atoms with van der Waals surface area (Å²) in [6.07, 6.45) is 0. The van der Waals surface area contributed by atoms with E-state index in [0.29, 0.717) is 16.6 Å². The maximum atomic E-state index is 11.2. The van der Waals surface area contributed by atoms with Gasteiger partial charge in [-0.2, -0.15) is 0 Å². The van der Waals surface area contributed by atoms with Gasteiger partial charge < -0.3 is 11.1 Å². The number of amides is 1. The van der Waals surface area contributed by atoms with E-state index in [1.165, 1.54) is 0 Å². The first-order valence-electron chi connectivity index (χ1n) is 5.38. The van der Waals surface area contributed by atoms with Crippen molar-refractivity contribution in [2.24, 2.45) is 11.7 Å². The van der Waals surface area contributed by atoms with Crippen molar-refractivity contribution in [2.75, 3.05) is 0 Å². The fourth-order valence-corrected chi connectivity index (χ4v) is 2.03. The zero-order valence-electron chi connectivity index (χ0n) is 9.84. The van der Waals surface area contributed by atoms with Crippen molar-refractivity contribution in [1.29, 1.82) is 0 Å². The van der Waals surface area contributed by atoms with Crippen LogP contribution in [-0.4, -0.2) is 11.9 Å². The van der Waals surface area contributed by atoms with E-state index in [2.05, 4.69) is 5.32 Å². The van der Waals surface area contributed by atoms with Gasteiger partial charge in [-0.25, -0.2) is 0 Å². The van der Waals surface area contributed by atoms with Crippen LogP contribution in [0.15, 0.2) is 18.2 Å². The minimum absolute atomic E-state index is 0.138. The highest BCUT2D eigenvalue weighted by Crippen LogP contribution is 2.21. The third kappa shape index (κ3) is 4.19. The van der Waals surface area contributed by atoms with E-state index in [0.717, 1.165) is 5.56 Å². The molecule has 3 N–H and O–H groups in total. The molecule has 0 saturated heterocycles. The van der Waals surface area contributed by atoms with Crippen LogP contribution < -0.4 is 11.1 Å². The van der Waals surface area contributed by atoms with Gasteiger partial charge in [0.15, 0.2) is 0 Å². The van der Waals surface area contributed by atoms with Crippen molar-refractivity contribution in [3.05, 3.63) is 33.8 Å². The predicted molar refractivity (Wildman–Crippen MR) is 71.1 cm³/mol. The number of primary amides is 1. The molecule has 0 radical (unpaired) electrons. The lowest BCUT2D eigenvalue weighted by Gasteiger charge is -2.19. The lowest BCUT2D eigenvalue weighted by Crippen LogP contribution is -2.44. The molecule has 1 rings (SSSR count). The Kier molecular flexibility index (Phi) is 5.25. The number of hydrogen-bond donors (Lipinski definition) is 2. The Morgan fingerprint density at radius 3 is 2.53 bits per heavy atom. The van der Waals surface area contributed by atoms with Crippen LogP contribution in [0.2, 0.25) is 10.0 Å². The molecule has 1 aromatic rings. The third-order valence-corrected chi connectivity index (χ3v) is 3.09. The quantitative estimate of drug-likeness (QED) is 0.867. The van der Waals surface area contributed by atoms with Gasteiger partial charge in [0.2, 0.25) is 5.91 Å². The van der Waals surface area contributed by atoms with Gasteiger partial charge in [0, 0.05) is 16.6 Å². The number of carbonyl (C=O) groups excluding carboxylic acids is 1. The van der Waals surface area contributed by atoms with E-state index in [9.17, 15) is 4.79 Å². The first-order valence-corrected chi connectivity index (χ1v) is 6.14. The van der Waals surface area contributed by atoms with Crippen LogP contribution in [0.5, 0.6) is 0 Å². The van der Waals surface area contributed by atoms with Crippen LogP contribution in [0.25, 0.3) is 0 Å². The molecular weight excluding hydrogens is 259 g/mol. The molecule has 0 fully saturated rings. The number of benzene rings is 1. The Hall–Kier alpha value is -0.770. The maximum Gasteiger partial charge on any atom is 0.234 e. The topological polar surface area (TPSA) is 55.1 Å². The van der Waals surface area contributed by atoms with Gasteiger partial charge in [-0.1, -0.05) is 43.1 Å². The Morgan fingerprint density at radius 2 is 2.06 bits per heavy atom. The second kappa shape index (κ2) is 6.24. The summed E-state index contributed by atoms with van der Waals surface area (Å²) in [6, 6.07) is 4.91. The van der Waals surface area contributed by atoms with Crippen LogP contribution >= 0.6 is 23.2 Å². The summed E-state index contributed by atoms with van der Waals surface area (Å²) >= 11 is 11.8. The van der Waals surface area contributed by atoms with Gasteiger partial charge in [-0.05, 0) is 23.6 Å². The minimum Gasteiger partial charge on any atom is -0.368 e. The highest BCUT2D eigenvalue weighted by atomic mass is 35.5. The van der Waals surface area contributed by atoms with Crippen LogP contribution in [0.4, 0.5) is 0 Å². The summed E-state index contributed by atoms with van der Waals surface area (Å²) in [6.45, 7) is 4.36. The average molecular weight is 275 g/mol. The Labute approximate surface area is 111 Å². The molecule has 1 amide bonds. The Bertz CT molecular complexity index is 407. The summed E-state index contributed by atoms with van der Waals surface area (Å²) in [5.41, 5.74) is 6.20. The number of carbonyl (C=O) groups is 1. The van der Waals surface area contributed by atoms with Crippen LogP contribution in [0.1, 0.15) is 19.4 Å². The second-order valence-electron chi connectivity index (χ2n) is 4.24. The number of nitrogens with one attached hydrogen (secondary N) is 1. The predicted octanol–water partition coefficient (Wildman–Crippen LogP) is 2.59. The zero-order valence-corrected chi connectivity index (χ0v) is 11.3. The van der Waals surface area contributed by atoms with E-state index in [1.54, 1.807) is 12.1 Å². The normalized spacial score (nSPS) is 12.8. The van der Waals surface area contributed by atoms with Gasteiger partial charge in [-0.15, -0.1) is 0 Å². The highest BCUT2D eigenvalue weighted by molar-refractivity contribution is 6.35. The molecule has 0 bridgehead atoms. The number of rotatable bonds is 5. The fourth-order valence-electron chi connectivity index (χ4n) is 1.55. The largest absolute Gasteiger partial charge is 0.368 e. The molecule has 0 heterocycles. The summed E-state index contributed by atoms with van der Waals surface area (Å²) in [5.74, 6) is -0.219. The fraction of sp³-hybridized carbons (Fsp3) is 0.417. The molecule has 0 saturated carbocycles. The van der Waals surface area contributed by atoms with E-state index in [1.807, 2.05) is 19.9 Å². The van der Waals surface area contributed by atoms with Crippen molar-refractivity contribution in [3.8, 4) is 0 Å². The first-order chi connectivity index (χ1) is 7.91. The zero-order chi connectivity index (χ0) is 13.0. The van der Waals surface area contributed by atoms with Gasteiger partial charge in [-0.3, -0.25) is 4.79 Å². The molecule has 3 nitrogen and oxygen atoms in total. The second-order valence-corrected chi connectivity index (χ2v) is 5.08. The van der Waals surface area contributed by atoms with E-state index < -0.39 is 0 Å². The molecule has 1 atom stereocenters. The van der Waals surface area contributed by atoms with E-state index >= 15 is 0 Å². The highest BCUT2D eigenvalue weighted by Gasteiger charge is 2.18. The van der Waals surface area contributed by atoms with Crippen LogP contribution in [-0.2, 0) is 11.3 Å². The summed E-state index contributed by atoms with van der Waals surface area (Å²) in [4.78, 5) is 11.2. The van der Waals surface area contributed by atoms with Crippen molar-refractivity contribution >= 4 is 29.1 Å². The van der Waals surface area contributed by atoms with Crippen molar-refractivity contribution in [2.45, 2.75) is 26.4 Å². The smallest absolute Gasteiger partial charge is 0.234 e. The molecule has 94 valence electrons. The summed E-state index contributed by atoms with van der Waals surface area (Å²) in [7, 11) is 0. The third-order valence-electron chi connectivity index (χ3n) is 2.50. The molecule has 0 aliphatic carbocycles. The van der Waals surface area contributed by atoms with Crippen molar-refractivity contribution in [3.63, 3.8) is 0 Å². The van der Waals surface area contributed by atoms with E-state index in [4.69, 9.17) is 28.9 Å². The lowest BCUT2D eigenvalue weighted by molar-refractivity contribution is -0.121. The molecule has 0 aliphatic heterocycles. The molecular formula is C12H16Cl2N2O. The Morgan fingerprint density at radius 1 is 1.41 bits per heavy atom. The van der Waals surface area contributed by atoms with Crippen LogP contribution in [0.3, 0.4) is 0 Å². The summed E-state index contributed by atoms with van der Waals surface area (Å²) in [5, 5.41) is 4.27. The number of hydrogen-bond acceptors (Lipinski definition) is 2. The van der Waals surface area contributed by atoms with Gasteiger partial charge >= 0.3 is 0 Å². The molecule has 0 aromatic heterocycles. The number of halogens is 2. The SMILES string of the molecule is CC(C)C(NCc1ccc(Cl)cc1Cl)C(N)=O. The Balaban J connectivity index is 2.69. The van der Waals surface area contributed by atoms with Crippen LogP contribution in [0, 0.1) is 5.92 Å². The average Bonchev–Trinajstić information content (AvgIpc) is 2.20. The molecule has 5 heteroatoms. The van der Waals surface area contributed by atoms with E-state index in [-0.39, 0.29) is 17.9 Å². The van der Waals surface area contributed by atoms with Crippen molar-refractivity contribution in [1.82, 2.24) is 5.32 Å². The molecule has 1 aromatic carbocycles. The van der Waals surface area contributed by atoms with Gasteiger partial charge in [0.25, 0.3) is 0 Å². The minimum atomic E-state index is -0.359. The molecule has 0 spiro atoms. The van der Waals surface area contributed by atoms with Crippen molar-refractivity contribution < 1.29 is 4.79 Å². The lowest BCUT2D eigenvalue weighted by atomic mass is 10.0. The van der Waals surface area contributed by atoms with Gasteiger partial charge in [0.1, 0.15) is 0 Å².